The Morgan fingerprint density at radius 3 is 2.05 bits per heavy atom. The van der Waals surface area contributed by atoms with E-state index >= 15 is 0 Å². The Bertz CT molecular complexity index is 1920. The van der Waals surface area contributed by atoms with Crippen LogP contribution in [0, 0.1) is 0 Å². The molecular weight excluding hydrogens is 893 g/mol. The maximum Gasteiger partial charge on any atom is 0.246 e. The zero-order valence-corrected chi connectivity index (χ0v) is 36.8. The second-order valence-electron chi connectivity index (χ2n) is 16.3. The van der Waals surface area contributed by atoms with Gasteiger partial charge in [-0.05, 0) is 48.1 Å². The van der Waals surface area contributed by atoms with Crippen LogP contribution in [-0.4, -0.2) is 205 Å². The van der Waals surface area contributed by atoms with E-state index < -0.39 is 141 Å². The number of hydrogen-bond acceptors (Lipinski definition) is 19. The minimum absolute atomic E-state index is 0.0480. The van der Waals surface area contributed by atoms with Crippen molar-refractivity contribution in [2.45, 2.75) is 117 Å². The molecule has 0 saturated carbocycles. The number of carbonyl (C=O) groups is 5. The van der Waals surface area contributed by atoms with Gasteiger partial charge >= 0.3 is 0 Å². The second kappa shape index (κ2) is 24.5. The molecule has 0 aliphatic carbocycles. The van der Waals surface area contributed by atoms with Gasteiger partial charge in [0.25, 0.3) is 0 Å². The molecule has 0 bridgehead atoms. The van der Waals surface area contributed by atoms with Crippen molar-refractivity contribution < 1.29 is 83.8 Å². The van der Waals surface area contributed by atoms with Crippen LogP contribution in [0.1, 0.15) is 24.0 Å². The van der Waals surface area contributed by atoms with E-state index in [0.717, 1.165) is 4.90 Å². The summed E-state index contributed by atoms with van der Waals surface area (Å²) in [5.41, 5.74) is 13.2. The number of hydrogen-bond donors (Lipinski definition) is 13. The Labute approximate surface area is 383 Å². The minimum atomic E-state index is -1.91. The molecule has 15 N–H and O–H groups in total. The van der Waals surface area contributed by atoms with Gasteiger partial charge in [-0.2, -0.15) is 11.8 Å². The first-order valence-electron chi connectivity index (χ1n) is 21.2. The van der Waals surface area contributed by atoms with Gasteiger partial charge in [0, 0.05) is 19.4 Å². The Morgan fingerprint density at radius 1 is 0.788 bits per heavy atom. The number of rotatable bonds is 21. The lowest BCUT2D eigenvalue weighted by molar-refractivity contribution is -0.362. The van der Waals surface area contributed by atoms with Gasteiger partial charge in [0.2, 0.25) is 29.5 Å². The van der Waals surface area contributed by atoms with Crippen LogP contribution in [0.4, 0.5) is 0 Å². The highest BCUT2D eigenvalue weighted by Gasteiger charge is 2.52. The number of amides is 5. The lowest BCUT2D eigenvalue weighted by Crippen LogP contribution is -2.65. The predicted molar refractivity (Wildman–Crippen MR) is 230 cm³/mol. The molecule has 5 rings (SSSR count). The summed E-state index contributed by atoms with van der Waals surface area (Å²) in [5.74, 6) is -3.25. The van der Waals surface area contributed by atoms with Crippen LogP contribution in [0.3, 0.4) is 0 Å². The van der Waals surface area contributed by atoms with E-state index in [1.54, 1.807) is 42.5 Å². The van der Waals surface area contributed by atoms with Gasteiger partial charge in [0.05, 0.1) is 31.9 Å². The predicted octanol–water partition coefficient (Wildman–Crippen LogP) is -5.56. The number of likely N-dealkylation sites (tertiary alicyclic amines) is 1. The number of nitrogens with zero attached hydrogens (tertiary/aromatic N) is 1. The third-order valence-electron chi connectivity index (χ3n) is 11.5. The molecule has 366 valence electrons. The third kappa shape index (κ3) is 13.6. The summed E-state index contributed by atoms with van der Waals surface area (Å²) >= 11 is 1.43. The molecule has 2 aromatic rings. The summed E-state index contributed by atoms with van der Waals surface area (Å²) in [6.07, 6.45) is -16.3. The van der Waals surface area contributed by atoms with Gasteiger partial charge in [-0.3, -0.25) is 24.0 Å². The second-order valence-corrected chi connectivity index (χ2v) is 17.2. The number of carbonyl (C=O) groups excluding carboxylic acids is 5. The quantitative estimate of drug-likeness (QED) is 0.0555. The van der Waals surface area contributed by atoms with Gasteiger partial charge < -0.3 is 92.1 Å². The van der Waals surface area contributed by atoms with Crippen molar-refractivity contribution in [3.8, 4) is 5.75 Å². The fraction of sp³-hybridized carbons (Fsp3) is 0.595. The fourth-order valence-electron chi connectivity index (χ4n) is 7.81. The molecule has 3 saturated heterocycles. The highest BCUT2D eigenvalue weighted by atomic mass is 32.2. The number of aromatic hydroxyl groups is 1. The Hall–Kier alpha value is -4.54. The summed E-state index contributed by atoms with van der Waals surface area (Å²) < 4.78 is 22.6. The first kappa shape index (κ1) is 52.4. The largest absolute Gasteiger partial charge is 0.508 e. The maximum absolute atomic E-state index is 14.3. The number of phenolic OH excluding ortho intramolecular Hbond substituents is 1. The molecule has 0 spiro atoms. The number of thioether (sulfide) groups is 1. The molecule has 3 fully saturated rings. The molecule has 66 heavy (non-hydrogen) atoms. The van der Waals surface area contributed by atoms with Crippen LogP contribution in [0.5, 0.6) is 5.75 Å². The summed E-state index contributed by atoms with van der Waals surface area (Å²) in [7, 11) is 0. The van der Waals surface area contributed by atoms with E-state index in [1.165, 1.54) is 23.9 Å². The molecule has 0 unspecified atom stereocenters. The molecule has 0 aromatic heterocycles. The van der Waals surface area contributed by atoms with Crippen molar-refractivity contribution in [3.63, 3.8) is 0 Å². The van der Waals surface area contributed by atoms with Crippen molar-refractivity contribution in [1.29, 1.82) is 0 Å². The van der Waals surface area contributed by atoms with Gasteiger partial charge in [0.1, 0.15) is 72.7 Å². The number of aliphatic hydroxyl groups excluding tert-OH is 7. The van der Waals surface area contributed by atoms with E-state index in [4.69, 9.17) is 30.4 Å². The highest BCUT2D eigenvalue weighted by molar-refractivity contribution is 7.98. The number of benzene rings is 2. The SMILES string of the molecule is CSCC[C@@H](NC(=O)[C@@H](N)Cc1ccc(O)cc1)C(=O)NCC(=O)N[C@@H](Cc1ccccc1)C(=O)N1C[C@@H](O[C@@H]2O[C@H](CO)[C@@H](O[C@H]3O[C@@H](CO)[C@@H](O)[C@@H](O)[C@@H]3O)[C@H](O)[C@H]2O)C[C@H]1C(N)=O. The van der Waals surface area contributed by atoms with Crippen LogP contribution >= 0.6 is 11.8 Å². The molecule has 5 amide bonds. The number of primary amides is 1. The molecule has 3 aliphatic heterocycles. The van der Waals surface area contributed by atoms with Gasteiger partial charge in [0.15, 0.2) is 12.6 Å². The van der Waals surface area contributed by atoms with Crippen LogP contribution in [0.25, 0.3) is 0 Å². The molecule has 23 nitrogen and oxygen atoms in total. The van der Waals surface area contributed by atoms with E-state index in [-0.39, 0.29) is 38.0 Å². The average Bonchev–Trinajstić information content (AvgIpc) is 3.74. The Morgan fingerprint density at radius 2 is 1.41 bits per heavy atom. The van der Waals surface area contributed by atoms with Crippen molar-refractivity contribution in [2.75, 3.05) is 38.3 Å². The summed E-state index contributed by atoms with van der Waals surface area (Å²) in [6, 6.07) is 10.0. The molecule has 24 heteroatoms. The molecule has 3 aliphatic rings. The lowest BCUT2D eigenvalue weighted by Gasteiger charge is -2.46. The molecule has 0 radical (unpaired) electrons. The minimum Gasteiger partial charge on any atom is -0.508 e. The Kier molecular flexibility index (Phi) is 19.4. The summed E-state index contributed by atoms with van der Waals surface area (Å²) in [4.78, 5) is 68.1. The van der Waals surface area contributed by atoms with E-state index in [9.17, 15) is 64.8 Å². The fourth-order valence-corrected chi connectivity index (χ4v) is 8.29. The number of aliphatic hydroxyl groups is 7. The normalized spacial score (nSPS) is 30.2. The van der Waals surface area contributed by atoms with Crippen LogP contribution in [0.2, 0.25) is 0 Å². The third-order valence-corrected chi connectivity index (χ3v) is 12.1. The van der Waals surface area contributed by atoms with E-state index in [1.807, 2.05) is 6.26 Å². The lowest BCUT2D eigenvalue weighted by atomic mass is 9.97. The number of phenols is 1. The van der Waals surface area contributed by atoms with E-state index in [2.05, 4.69) is 16.0 Å². The van der Waals surface area contributed by atoms with Crippen molar-refractivity contribution in [3.05, 3.63) is 65.7 Å². The monoisotopic (exact) mass is 952 g/mol. The zero-order chi connectivity index (χ0) is 48.2. The number of nitrogens with two attached hydrogens (primary N) is 2. The van der Waals surface area contributed by atoms with Crippen molar-refractivity contribution >= 4 is 41.3 Å². The number of nitrogens with one attached hydrogen (secondary N) is 3. The van der Waals surface area contributed by atoms with Crippen LogP contribution in [-0.2, 0) is 55.8 Å². The average molecular weight is 953 g/mol. The first-order valence-corrected chi connectivity index (χ1v) is 22.6. The van der Waals surface area contributed by atoms with Crippen molar-refractivity contribution in [2.24, 2.45) is 11.5 Å². The summed E-state index contributed by atoms with van der Waals surface area (Å²) in [5, 5.41) is 89.9. The Balaban J connectivity index is 1.23. The van der Waals surface area contributed by atoms with E-state index in [0.29, 0.717) is 16.9 Å². The standard InChI is InChI=1S/C42H60N6O17S/c1-66-12-11-25(47-38(59)24(43)13-21-7-9-22(51)10-8-21)39(60)45-16-30(52)46-26(14-20-5-3-2-4-6-20)40(61)48-17-23(15-27(48)37(44)58)62-41-35(57)33(55)36(29(19-50)64-41)65-42-34(56)32(54)31(53)28(18-49)63-42/h2-10,23-29,31-36,41-42,49-51,53-57H,11-19,43H2,1H3,(H2,44,58)(H,45,60)(H,46,52)(H,47,59)/t23-,24-,25+,26-,27-,28-,29+,31+,32+,33+,34-,35+,36+,41+,42+/m0/s1. The van der Waals surface area contributed by atoms with Gasteiger partial charge in [-0.1, -0.05) is 42.5 Å². The molecule has 2 aromatic carbocycles. The smallest absolute Gasteiger partial charge is 0.246 e. The van der Waals surface area contributed by atoms with Crippen molar-refractivity contribution in [1.82, 2.24) is 20.9 Å². The maximum atomic E-state index is 14.3. The zero-order valence-electron chi connectivity index (χ0n) is 36.0. The highest BCUT2D eigenvalue weighted by Crippen LogP contribution is 2.32. The summed E-state index contributed by atoms with van der Waals surface area (Å²) in [6.45, 7) is -2.55. The number of ether oxygens (including phenoxy) is 4. The first-order chi connectivity index (χ1) is 31.4. The molecule has 15 atom stereocenters. The van der Waals surface area contributed by atoms with Gasteiger partial charge in [-0.15, -0.1) is 0 Å². The topological polar surface area (TPSA) is 375 Å². The van der Waals surface area contributed by atoms with Crippen LogP contribution in [0.15, 0.2) is 54.6 Å². The van der Waals surface area contributed by atoms with Crippen LogP contribution < -0.4 is 27.4 Å². The molecular formula is C42H60N6O17S. The molecule has 3 heterocycles. The van der Waals surface area contributed by atoms with Gasteiger partial charge in [-0.25, -0.2) is 0 Å².